The molecule has 0 unspecified atom stereocenters. The summed E-state index contributed by atoms with van der Waals surface area (Å²) >= 11 is 0. The third-order valence-electron chi connectivity index (χ3n) is 4.43. The van der Waals surface area contributed by atoms with Crippen LogP contribution in [0.15, 0.2) is 54.6 Å². The smallest absolute Gasteiger partial charge is 0.337 e. The van der Waals surface area contributed by atoms with Gasteiger partial charge >= 0.3 is 11.9 Å². The van der Waals surface area contributed by atoms with Gasteiger partial charge < -0.3 is 19.5 Å². The first-order valence-electron chi connectivity index (χ1n) is 9.25. The van der Waals surface area contributed by atoms with Gasteiger partial charge in [-0.25, -0.2) is 9.59 Å². The van der Waals surface area contributed by atoms with Gasteiger partial charge in [-0.15, -0.1) is 0 Å². The molecule has 0 fully saturated rings. The number of hydrogen-bond acceptors (Lipinski definition) is 6. The first kappa shape index (κ1) is 20.9. The zero-order valence-corrected chi connectivity index (χ0v) is 16.9. The average molecular weight is 407 g/mol. The van der Waals surface area contributed by atoms with E-state index in [1.165, 1.54) is 32.4 Å². The summed E-state index contributed by atoms with van der Waals surface area (Å²) in [5.74, 6) is -1.29. The van der Waals surface area contributed by atoms with E-state index < -0.39 is 17.8 Å². The minimum absolute atomic E-state index is 0.110. The van der Waals surface area contributed by atoms with Gasteiger partial charge in [-0.1, -0.05) is 24.3 Å². The average Bonchev–Trinajstić information content (AvgIpc) is 2.77. The van der Waals surface area contributed by atoms with Crippen LogP contribution in [0.4, 0.5) is 5.69 Å². The van der Waals surface area contributed by atoms with Crippen molar-refractivity contribution in [3.8, 4) is 5.75 Å². The van der Waals surface area contributed by atoms with E-state index in [-0.39, 0.29) is 16.8 Å². The van der Waals surface area contributed by atoms with Crippen molar-refractivity contribution in [3.63, 3.8) is 0 Å². The Morgan fingerprint density at radius 3 is 1.93 bits per heavy atom. The number of amides is 1. The Bertz CT molecular complexity index is 1090. The minimum Gasteiger partial charge on any atom is -0.493 e. The molecule has 30 heavy (non-hydrogen) atoms. The minimum atomic E-state index is -0.642. The van der Waals surface area contributed by atoms with Gasteiger partial charge in [-0.2, -0.15) is 0 Å². The molecule has 1 amide bonds. The molecule has 0 saturated heterocycles. The van der Waals surface area contributed by atoms with Crippen LogP contribution < -0.4 is 10.1 Å². The topological polar surface area (TPSA) is 90.9 Å². The molecule has 0 aliphatic rings. The molecule has 7 heteroatoms. The van der Waals surface area contributed by atoms with Crippen molar-refractivity contribution in [2.75, 3.05) is 26.1 Å². The first-order chi connectivity index (χ1) is 14.5. The molecule has 0 atom stereocenters. The number of fused-ring (bicyclic) bond motifs is 1. The van der Waals surface area contributed by atoms with Crippen molar-refractivity contribution in [1.82, 2.24) is 0 Å². The molecule has 0 saturated carbocycles. The number of hydrogen-bond donors (Lipinski definition) is 1. The summed E-state index contributed by atoms with van der Waals surface area (Å²) < 4.78 is 15.1. The van der Waals surface area contributed by atoms with Gasteiger partial charge in [0.25, 0.3) is 5.91 Å². The number of anilines is 1. The monoisotopic (exact) mass is 407 g/mol. The van der Waals surface area contributed by atoms with Crippen molar-refractivity contribution in [3.05, 3.63) is 71.3 Å². The van der Waals surface area contributed by atoms with Crippen molar-refractivity contribution >= 4 is 34.3 Å². The zero-order valence-electron chi connectivity index (χ0n) is 16.9. The number of ether oxygens (including phenoxy) is 3. The highest BCUT2D eigenvalue weighted by atomic mass is 16.5. The van der Waals surface area contributed by atoms with Crippen molar-refractivity contribution in [1.29, 1.82) is 0 Å². The number of benzene rings is 3. The van der Waals surface area contributed by atoms with Gasteiger partial charge in [0.05, 0.1) is 37.5 Å². The van der Waals surface area contributed by atoms with Crippen LogP contribution in [-0.4, -0.2) is 38.7 Å². The van der Waals surface area contributed by atoms with Gasteiger partial charge in [0.2, 0.25) is 0 Å². The van der Waals surface area contributed by atoms with Crippen LogP contribution >= 0.6 is 0 Å². The van der Waals surface area contributed by atoms with E-state index in [1.54, 1.807) is 12.1 Å². The SMILES string of the molecule is CCOc1cc2ccccc2cc1C(=O)Nc1cc(C(=O)OC)cc(C(=O)OC)c1. The van der Waals surface area contributed by atoms with Crippen LogP contribution in [-0.2, 0) is 9.47 Å². The van der Waals surface area contributed by atoms with Gasteiger partial charge in [0.15, 0.2) is 0 Å². The van der Waals surface area contributed by atoms with Gasteiger partial charge in [0.1, 0.15) is 5.75 Å². The fraction of sp³-hybridized carbons (Fsp3) is 0.174. The fourth-order valence-corrected chi connectivity index (χ4v) is 3.04. The van der Waals surface area contributed by atoms with Crippen LogP contribution in [0.3, 0.4) is 0 Å². The molecular formula is C23H21NO6. The molecule has 3 rings (SSSR count). The Morgan fingerprint density at radius 2 is 1.40 bits per heavy atom. The maximum absolute atomic E-state index is 13.0. The summed E-state index contributed by atoms with van der Waals surface area (Å²) in [4.78, 5) is 37.0. The standard InChI is InChI=1S/C23H21NO6/c1-4-30-20-13-15-8-6-5-7-14(15)12-19(20)21(25)24-18-10-16(22(26)28-2)9-17(11-18)23(27)29-3/h5-13H,4H2,1-3H3,(H,24,25). The molecule has 154 valence electrons. The molecule has 0 aliphatic carbocycles. The quantitative estimate of drug-likeness (QED) is 0.620. The van der Waals surface area contributed by atoms with Crippen molar-refractivity contribution in [2.24, 2.45) is 0 Å². The Balaban J connectivity index is 2.01. The summed E-state index contributed by atoms with van der Waals surface area (Å²) in [5, 5.41) is 4.55. The third-order valence-corrected chi connectivity index (χ3v) is 4.43. The molecule has 0 heterocycles. The highest BCUT2D eigenvalue weighted by Gasteiger charge is 2.18. The largest absolute Gasteiger partial charge is 0.493 e. The molecule has 0 radical (unpaired) electrons. The van der Waals surface area contributed by atoms with Gasteiger partial charge in [0, 0.05) is 5.69 Å². The maximum Gasteiger partial charge on any atom is 0.337 e. The molecule has 0 aliphatic heterocycles. The molecule has 1 N–H and O–H groups in total. The van der Waals surface area contributed by atoms with Crippen LogP contribution in [0.5, 0.6) is 5.75 Å². The van der Waals surface area contributed by atoms with E-state index in [9.17, 15) is 14.4 Å². The summed E-state index contributed by atoms with van der Waals surface area (Å²) in [7, 11) is 2.46. The second kappa shape index (κ2) is 9.09. The lowest BCUT2D eigenvalue weighted by atomic mass is 10.0. The summed E-state index contributed by atoms with van der Waals surface area (Å²) in [5.41, 5.74) is 0.802. The molecule has 0 aromatic heterocycles. The Kier molecular flexibility index (Phi) is 6.32. The maximum atomic E-state index is 13.0. The zero-order chi connectivity index (χ0) is 21.7. The van der Waals surface area contributed by atoms with E-state index in [4.69, 9.17) is 14.2 Å². The lowest BCUT2D eigenvalue weighted by Gasteiger charge is -2.13. The number of methoxy groups -OCH3 is 2. The van der Waals surface area contributed by atoms with Crippen LogP contribution in [0.25, 0.3) is 10.8 Å². The Hall–Kier alpha value is -3.87. The second-order valence-corrected chi connectivity index (χ2v) is 6.36. The normalized spacial score (nSPS) is 10.4. The molecular weight excluding hydrogens is 386 g/mol. The number of rotatable bonds is 6. The highest BCUT2D eigenvalue weighted by molar-refractivity contribution is 6.09. The van der Waals surface area contributed by atoms with Crippen LogP contribution in [0, 0.1) is 0 Å². The van der Waals surface area contributed by atoms with E-state index in [1.807, 2.05) is 31.2 Å². The van der Waals surface area contributed by atoms with Crippen LogP contribution in [0.1, 0.15) is 38.0 Å². The lowest BCUT2D eigenvalue weighted by Crippen LogP contribution is -2.15. The lowest BCUT2D eigenvalue weighted by molar-refractivity contribution is 0.0599. The molecule has 0 bridgehead atoms. The fourth-order valence-electron chi connectivity index (χ4n) is 3.04. The molecule has 0 spiro atoms. The predicted octanol–water partition coefficient (Wildman–Crippen LogP) is 4.06. The number of esters is 2. The third kappa shape index (κ3) is 4.41. The number of carbonyl (C=O) groups is 3. The molecule has 3 aromatic rings. The van der Waals surface area contributed by atoms with Gasteiger partial charge in [-0.05, 0) is 48.0 Å². The first-order valence-corrected chi connectivity index (χ1v) is 9.25. The molecule has 3 aromatic carbocycles. The Labute approximate surface area is 173 Å². The predicted molar refractivity (Wildman–Crippen MR) is 112 cm³/mol. The molecule has 7 nitrogen and oxygen atoms in total. The van der Waals surface area contributed by atoms with Crippen LogP contribution in [0.2, 0.25) is 0 Å². The van der Waals surface area contributed by atoms with E-state index >= 15 is 0 Å². The second-order valence-electron chi connectivity index (χ2n) is 6.36. The van der Waals surface area contributed by atoms with Gasteiger partial charge in [-0.3, -0.25) is 4.79 Å². The highest BCUT2D eigenvalue weighted by Crippen LogP contribution is 2.27. The van der Waals surface area contributed by atoms with E-state index in [0.29, 0.717) is 17.9 Å². The van der Waals surface area contributed by atoms with E-state index in [0.717, 1.165) is 10.8 Å². The van der Waals surface area contributed by atoms with Crippen molar-refractivity contribution < 1.29 is 28.6 Å². The summed E-state index contributed by atoms with van der Waals surface area (Å²) in [6.45, 7) is 2.22. The number of nitrogens with one attached hydrogen (secondary N) is 1. The van der Waals surface area contributed by atoms with Crippen molar-refractivity contribution in [2.45, 2.75) is 6.92 Å². The number of carbonyl (C=O) groups excluding carboxylic acids is 3. The Morgan fingerprint density at radius 1 is 0.833 bits per heavy atom. The van der Waals surface area contributed by atoms with E-state index in [2.05, 4.69) is 5.32 Å². The summed E-state index contributed by atoms with van der Waals surface area (Å²) in [6.07, 6.45) is 0. The summed E-state index contributed by atoms with van der Waals surface area (Å²) in [6, 6.07) is 15.4.